The van der Waals surface area contributed by atoms with Crippen LogP contribution in [-0.2, 0) is 11.3 Å². The minimum absolute atomic E-state index is 0.242. The fourth-order valence-corrected chi connectivity index (χ4v) is 1.07. The molecule has 0 unspecified atom stereocenters. The maximum absolute atomic E-state index is 11.5. The average Bonchev–Trinajstić information content (AvgIpc) is 2.76. The van der Waals surface area contributed by atoms with Gasteiger partial charge >= 0.3 is 0 Å². The maximum atomic E-state index is 11.5. The van der Waals surface area contributed by atoms with E-state index in [0.29, 0.717) is 13.1 Å². The molecular weight excluding hydrogens is 206 g/mol. The SMILES string of the molecule is CC(C)(C#N)C(=O)NCCCn1ccnn1. The average molecular weight is 221 g/mol. The van der Waals surface area contributed by atoms with Gasteiger partial charge in [0.15, 0.2) is 0 Å². The fraction of sp³-hybridized carbons (Fsp3) is 0.600. The molecule has 16 heavy (non-hydrogen) atoms. The summed E-state index contributed by atoms with van der Waals surface area (Å²) >= 11 is 0. The van der Waals surface area contributed by atoms with E-state index in [0.717, 1.165) is 6.42 Å². The van der Waals surface area contributed by atoms with Crippen LogP contribution in [0.4, 0.5) is 0 Å². The highest BCUT2D eigenvalue weighted by Crippen LogP contribution is 2.12. The maximum Gasteiger partial charge on any atom is 0.239 e. The van der Waals surface area contributed by atoms with Crippen LogP contribution in [0, 0.1) is 16.7 Å². The second kappa shape index (κ2) is 5.26. The molecule has 1 rings (SSSR count). The number of amides is 1. The summed E-state index contributed by atoms with van der Waals surface area (Å²) in [5.41, 5.74) is -0.965. The second-order valence-corrected chi connectivity index (χ2v) is 4.01. The van der Waals surface area contributed by atoms with Crippen molar-refractivity contribution in [2.45, 2.75) is 26.8 Å². The summed E-state index contributed by atoms with van der Waals surface area (Å²) in [6.45, 7) is 4.43. The Bertz CT molecular complexity index is 376. The smallest absolute Gasteiger partial charge is 0.239 e. The van der Waals surface area contributed by atoms with E-state index in [2.05, 4.69) is 15.6 Å². The van der Waals surface area contributed by atoms with Gasteiger partial charge in [0.25, 0.3) is 0 Å². The van der Waals surface area contributed by atoms with Gasteiger partial charge < -0.3 is 5.32 Å². The predicted molar refractivity (Wildman–Crippen MR) is 57.0 cm³/mol. The third-order valence-corrected chi connectivity index (χ3v) is 2.17. The van der Waals surface area contributed by atoms with Gasteiger partial charge in [-0.3, -0.25) is 9.48 Å². The molecule has 0 atom stereocenters. The van der Waals surface area contributed by atoms with Crippen molar-refractivity contribution in [3.63, 3.8) is 0 Å². The van der Waals surface area contributed by atoms with Crippen LogP contribution < -0.4 is 5.32 Å². The first-order chi connectivity index (χ1) is 7.56. The zero-order valence-electron chi connectivity index (χ0n) is 9.47. The summed E-state index contributed by atoms with van der Waals surface area (Å²) in [5, 5.41) is 18.9. The fourth-order valence-electron chi connectivity index (χ4n) is 1.07. The van der Waals surface area contributed by atoms with Crippen molar-refractivity contribution < 1.29 is 4.79 Å². The summed E-state index contributed by atoms with van der Waals surface area (Å²) < 4.78 is 1.70. The molecule has 0 spiro atoms. The van der Waals surface area contributed by atoms with Crippen LogP contribution in [0.2, 0.25) is 0 Å². The van der Waals surface area contributed by atoms with E-state index in [1.807, 2.05) is 6.07 Å². The molecule has 1 aromatic heterocycles. The Labute approximate surface area is 94.3 Å². The zero-order valence-corrected chi connectivity index (χ0v) is 9.47. The van der Waals surface area contributed by atoms with Gasteiger partial charge in [-0.2, -0.15) is 5.26 Å². The minimum Gasteiger partial charge on any atom is -0.355 e. The van der Waals surface area contributed by atoms with E-state index < -0.39 is 5.41 Å². The van der Waals surface area contributed by atoms with E-state index in [1.54, 1.807) is 30.9 Å². The number of carbonyl (C=O) groups excluding carboxylic acids is 1. The summed E-state index contributed by atoms with van der Waals surface area (Å²) in [5.74, 6) is -0.242. The number of carbonyl (C=O) groups is 1. The molecule has 6 nitrogen and oxygen atoms in total. The molecule has 86 valence electrons. The normalized spacial score (nSPS) is 10.8. The molecular formula is C10H15N5O. The Balaban J connectivity index is 2.22. The first kappa shape index (κ1) is 12.2. The minimum atomic E-state index is -0.965. The first-order valence-corrected chi connectivity index (χ1v) is 5.10. The molecule has 6 heteroatoms. The highest BCUT2D eigenvalue weighted by molar-refractivity contribution is 5.84. The van der Waals surface area contributed by atoms with Crippen LogP contribution in [0.1, 0.15) is 20.3 Å². The van der Waals surface area contributed by atoms with Crippen molar-refractivity contribution in [1.82, 2.24) is 20.3 Å². The summed E-state index contributed by atoms with van der Waals surface area (Å²) in [4.78, 5) is 11.5. The second-order valence-electron chi connectivity index (χ2n) is 4.01. The summed E-state index contributed by atoms with van der Waals surface area (Å²) in [7, 11) is 0. The molecule has 0 saturated heterocycles. The number of hydrogen-bond acceptors (Lipinski definition) is 4. The molecule has 0 radical (unpaired) electrons. The van der Waals surface area contributed by atoms with Crippen molar-refractivity contribution in [3.8, 4) is 6.07 Å². The van der Waals surface area contributed by atoms with E-state index in [-0.39, 0.29) is 5.91 Å². The highest BCUT2D eigenvalue weighted by Gasteiger charge is 2.26. The Morgan fingerprint density at radius 3 is 2.94 bits per heavy atom. The van der Waals surface area contributed by atoms with Gasteiger partial charge in [-0.15, -0.1) is 5.10 Å². The molecule has 0 bridgehead atoms. The highest BCUT2D eigenvalue weighted by atomic mass is 16.2. The number of aromatic nitrogens is 3. The Morgan fingerprint density at radius 2 is 2.38 bits per heavy atom. The lowest BCUT2D eigenvalue weighted by Crippen LogP contribution is -2.36. The van der Waals surface area contributed by atoms with Crippen molar-refractivity contribution in [1.29, 1.82) is 5.26 Å². The summed E-state index contributed by atoms with van der Waals surface area (Å²) in [6.07, 6.45) is 4.13. The quantitative estimate of drug-likeness (QED) is 0.726. The molecule has 0 fully saturated rings. The molecule has 0 aromatic carbocycles. The predicted octanol–water partition coefficient (Wildman–Crippen LogP) is 0.334. The third-order valence-electron chi connectivity index (χ3n) is 2.17. The molecule has 0 aliphatic heterocycles. The van der Waals surface area contributed by atoms with Gasteiger partial charge in [0.1, 0.15) is 5.41 Å². The molecule has 0 aliphatic rings. The monoisotopic (exact) mass is 221 g/mol. The number of nitrogens with one attached hydrogen (secondary N) is 1. The van der Waals surface area contributed by atoms with Crippen LogP contribution >= 0.6 is 0 Å². The third kappa shape index (κ3) is 3.35. The topological polar surface area (TPSA) is 83.6 Å². The van der Waals surface area contributed by atoms with Gasteiger partial charge in [-0.25, -0.2) is 0 Å². The van der Waals surface area contributed by atoms with Crippen LogP contribution in [0.5, 0.6) is 0 Å². The molecule has 0 aliphatic carbocycles. The lowest BCUT2D eigenvalue weighted by molar-refractivity contribution is -0.126. The first-order valence-electron chi connectivity index (χ1n) is 5.10. The largest absolute Gasteiger partial charge is 0.355 e. The van der Waals surface area contributed by atoms with E-state index >= 15 is 0 Å². The number of rotatable bonds is 5. The lowest BCUT2D eigenvalue weighted by Gasteiger charge is -2.14. The summed E-state index contributed by atoms with van der Waals surface area (Å²) in [6, 6.07) is 1.96. The molecule has 1 heterocycles. The van der Waals surface area contributed by atoms with Crippen LogP contribution in [0.25, 0.3) is 0 Å². The van der Waals surface area contributed by atoms with Crippen molar-refractivity contribution in [2.75, 3.05) is 6.54 Å². The van der Waals surface area contributed by atoms with Gasteiger partial charge in [-0.05, 0) is 20.3 Å². The van der Waals surface area contributed by atoms with Gasteiger partial charge in [0.2, 0.25) is 5.91 Å². The number of aryl methyl sites for hydroxylation is 1. The lowest BCUT2D eigenvalue weighted by atomic mass is 9.95. The Kier molecular flexibility index (Phi) is 4.00. The van der Waals surface area contributed by atoms with Gasteiger partial charge in [-0.1, -0.05) is 5.21 Å². The zero-order chi connectivity index (χ0) is 12.0. The van der Waals surface area contributed by atoms with E-state index in [1.165, 1.54) is 0 Å². The van der Waals surface area contributed by atoms with Crippen LogP contribution in [-0.4, -0.2) is 27.4 Å². The van der Waals surface area contributed by atoms with E-state index in [4.69, 9.17) is 5.26 Å². The van der Waals surface area contributed by atoms with Crippen LogP contribution in [0.3, 0.4) is 0 Å². The Morgan fingerprint density at radius 1 is 1.62 bits per heavy atom. The number of hydrogen-bond donors (Lipinski definition) is 1. The van der Waals surface area contributed by atoms with Crippen LogP contribution in [0.15, 0.2) is 12.4 Å². The van der Waals surface area contributed by atoms with E-state index in [9.17, 15) is 4.79 Å². The molecule has 0 saturated carbocycles. The van der Waals surface area contributed by atoms with Gasteiger partial charge in [0.05, 0.1) is 12.3 Å². The van der Waals surface area contributed by atoms with Crippen molar-refractivity contribution in [2.24, 2.45) is 5.41 Å². The molecule has 1 aromatic rings. The van der Waals surface area contributed by atoms with Crippen molar-refractivity contribution in [3.05, 3.63) is 12.4 Å². The number of nitriles is 1. The number of nitrogens with zero attached hydrogens (tertiary/aromatic N) is 4. The molecule has 1 amide bonds. The Hall–Kier alpha value is -1.90. The molecule has 1 N–H and O–H groups in total. The standard InChI is InChI=1S/C10H15N5O/c1-10(2,8-11)9(16)12-4-3-6-15-7-5-13-14-15/h5,7H,3-4,6H2,1-2H3,(H,12,16). The van der Waals surface area contributed by atoms with Gasteiger partial charge in [0, 0.05) is 19.3 Å². The van der Waals surface area contributed by atoms with Crippen molar-refractivity contribution >= 4 is 5.91 Å².